The van der Waals surface area contributed by atoms with Crippen molar-refractivity contribution in [2.75, 3.05) is 32.8 Å². The van der Waals surface area contributed by atoms with Crippen LogP contribution >= 0.6 is 0 Å². The molecule has 2 bridgehead atoms. The number of carbonyl (C=O) groups is 1. The average molecular weight is 348 g/mol. The molecule has 0 unspecified atom stereocenters. The molecule has 0 aliphatic carbocycles. The second-order valence-corrected chi connectivity index (χ2v) is 7.37. The number of hydrogen-bond acceptors (Lipinski definition) is 3. The van der Waals surface area contributed by atoms with Crippen LogP contribution in [0, 0.1) is 11.7 Å². The van der Waals surface area contributed by atoms with Crippen LogP contribution in [-0.4, -0.2) is 54.6 Å². The van der Waals surface area contributed by atoms with E-state index in [4.69, 9.17) is 4.74 Å². The maximum absolute atomic E-state index is 13.1. The van der Waals surface area contributed by atoms with Gasteiger partial charge in [0.25, 0.3) is 0 Å². The Morgan fingerprint density at radius 3 is 2.76 bits per heavy atom. The summed E-state index contributed by atoms with van der Waals surface area (Å²) in [5, 5.41) is 0. The van der Waals surface area contributed by atoms with E-state index in [9.17, 15) is 9.18 Å². The number of carbonyl (C=O) groups excluding carboxylic acids is 1. The van der Waals surface area contributed by atoms with Gasteiger partial charge in [-0.05, 0) is 42.9 Å². The third kappa shape index (κ3) is 5.02. The monoisotopic (exact) mass is 348 g/mol. The standard InChI is InChI=1S/C20H29FN2O2/c1-2-3-10-25-15-20(24)23-13-17-6-9-19(23)14-22(12-17)11-16-4-7-18(21)8-5-16/h4-5,7-8,17,19H,2-3,6,9-15H2,1H3/t17-,19+/m1/s1. The molecule has 0 saturated carbocycles. The summed E-state index contributed by atoms with van der Waals surface area (Å²) in [5.74, 6) is 0.466. The van der Waals surface area contributed by atoms with Gasteiger partial charge in [0.1, 0.15) is 12.4 Å². The van der Waals surface area contributed by atoms with E-state index in [1.165, 1.54) is 18.6 Å². The van der Waals surface area contributed by atoms with E-state index in [1.807, 2.05) is 17.0 Å². The second-order valence-electron chi connectivity index (χ2n) is 7.37. The lowest BCUT2D eigenvalue weighted by Crippen LogP contribution is -2.48. The molecule has 3 heterocycles. The zero-order valence-corrected chi connectivity index (χ0v) is 15.1. The maximum atomic E-state index is 13.1. The number of hydrogen-bond donors (Lipinski definition) is 0. The molecule has 138 valence electrons. The van der Waals surface area contributed by atoms with Crippen LogP contribution in [0.2, 0.25) is 0 Å². The molecule has 2 atom stereocenters. The minimum absolute atomic E-state index is 0.134. The van der Waals surface area contributed by atoms with Gasteiger partial charge in [-0.3, -0.25) is 9.69 Å². The van der Waals surface area contributed by atoms with E-state index >= 15 is 0 Å². The summed E-state index contributed by atoms with van der Waals surface area (Å²) in [5.41, 5.74) is 1.13. The maximum Gasteiger partial charge on any atom is 0.248 e. The molecule has 3 fully saturated rings. The molecule has 0 spiro atoms. The van der Waals surface area contributed by atoms with Gasteiger partial charge in [0.05, 0.1) is 0 Å². The number of benzene rings is 1. The Hall–Kier alpha value is -1.46. The number of fused-ring (bicyclic) bond motifs is 4. The van der Waals surface area contributed by atoms with Crippen LogP contribution < -0.4 is 0 Å². The molecule has 3 aliphatic rings. The largest absolute Gasteiger partial charge is 0.372 e. The fourth-order valence-corrected chi connectivity index (χ4v) is 3.95. The van der Waals surface area contributed by atoms with Crippen molar-refractivity contribution >= 4 is 5.91 Å². The van der Waals surface area contributed by atoms with Crippen molar-refractivity contribution in [2.24, 2.45) is 5.92 Å². The predicted octanol–water partition coefficient (Wildman–Crippen LogP) is 3.07. The Kier molecular flexibility index (Phi) is 6.43. The highest BCUT2D eigenvalue weighted by Gasteiger charge is 2.36. The molecule has 3 aliphatic heterocycles. The number of rotatable bonds is 7. The summed E-state index contributed by atoms with van der Waals surface area (Å²) in [7, 11) is 0. The molecule has 25 heavy (non-hydrogen) atoms. The molecule has 1 aromatic rings. The molecule has 0 radical (unpaired) electrons. The molecule has 4 nitrogen and oxygen atoms in total. The van der Waals surface area contributed by atoms with Crippen LogP contribution in [-0.2, 0) is 16.1 Å². The normalized spacial score (nSPS) is 23.7. The topological polar surface area (TPSA) is 32.8 Å². The number of halogens is 1. The molecular formula is C20H29FN2O2. The van der Waals surface area contributed by atoms with Crippen molar-refractivity contribution in [2.45, 2.75) is 45.2 Å². The lowest BCUT2D eigenvalue weighted by Gasteiger charge is -2.36. The summed E-state index contributed by atoms with van der Waals surface area (Å²) in [6.45, 7) is 6.57. The summed E-state index contributed by atoms with van der Waals surface area (Å²) >= 11 is 0. The average Bonchev–Trinajstić information content (AvgIpc) is 2.91. The third-order valence-electron chi connectivity index (χ3n) is 5.30. The van der Waals surface area contributed by atoms with E-state index in [1.54, 1.807) is 0 Å². The van der Waals surface area contributed by atoms with Crippen LogP contribution in [0.4, 0.5) is 4.39 Å². The minimum Gasteiger partial charge on any atom is -0.372 e. The van der Waals surface area contributed by atoms with Crippen LogP contribution in [0.15, 0.2) is 24.3 Å². The molecule has 0 aromatic heterocycles. The van der Waals surface area contributed by atoms with E-state index in [0.717, 1.165) is 51.0 Å². The van der Waals surface area contributed by atoms with Crippen molar-refractivity contribution in [1.29, 1.82) is 0 Å². The zero-order chi connectivity index (χ0) is 17.6. The van der Waals surface area contributed by atoms with Crippen molar-refractivity contribution in [3.63, 3.8) is 0 Å². The summed E-state index contributed by atoms with van der Waals surface area (Å²) in [6.07, 6.45) is 4.35. The van der Waals surface area contributed by atoms with Gasteiger partial charge in [-0.1, -0.05) is 25.5 Å². The number of amides is 1. The highest BCUT2D eigenvalue weighted by Crippen LogP contribution is 2.29. The number of piperidine rings is 1. The number of nitrogens with zero attached hydrogens (tertiary/aromatic N) is 2. The summed E-state index contributed by atoms with van der Waals surface area (Å²) in [6, 6.07) is 7.02. The summed E-state index contributed by atoms with van der Waals surface area (Å²) in [4.78, 5) is 17.0. The minimum atomic E-state index is -0.195. The van der Waals surface area contributed by atoms with E-state index in [-0.39, 0.29) is 24.4 Å². The van der Waals surface area contributed by atoms with Gasteiger partial charge < -0.3 is 9.64 Å². The highest BCUT2D eigenvalue weighted by molar-refractivity contribution is 5.78. The fraction of sp³-hybridized carbons (Fsp3) is 0.650. The molecule has 0 N–H and O–H groups in total. The van der Waals surface area contributed by atoms with Gasteiger partial charge in [0, 0.05) is 38.8 Å². The first kappa shape index (κ1) is 18.3. The Morgan fingerprint density at radius 2 is 2.00 bits per heavy atom. The number of ether oxygens (including phenoxy) is 1. The molecule has 1 amide bonds. The highest BCUT2D eigenvalue weighted by atomic mass is 19.1. The van der Waals surface area contributed by atoms with Gasteiger partial charge in [0.15, 0.2) is 0 Å². The molecule has 5 heteroatoms. The second kappa shape index (κ2) is 8.77. The smallest absolute Gasteiger partial charge is 0.248 e. The third-order valence-corrected chi connectivity index (χ3v) is 5.30. The van der Waals surface area contributed by atoms with E-state index in [2.05, 4.69) is 11.8 Å². The molecule has 4 rings (SSSR count). The Labute approximate surface area is 149 Å². The van der Waals surface area contributed by atoms with Crippen molar-refractivity contribution in [3.8, 4) is 0 Å². The van der Waals surface area contributed by atoms with Gasteiger partial charge >= 0.3 is 0 Å². The van der Waals surface area contributed by atoms with Gasteiger partial charge in [-0.15, -0.1) is 0 Å². The fourth-order valence-electron chi connectivity index (χ4n) is 3.95. The van der Waals surface area contributed by atoms with Crippen molar-refractivity contribution < 1.29 is 13.9 Å². The van der Waals surface area contributed by atoms with E-state index in [0.29, 0.717) is 12.5 Å². The van der Waals surface area contributed by atoms with E-state index < -0.39 is 0 Å². The first-order valence-electron chi connectivity index (χ1n) is 9.49. The van der Waals surface area contributed by atoms with Gasteiger partial charge in [-0.25, -0.2) is 4.39 Å². The Balaban J connectivity index is 1.56. The molecule has 3 saturated heterocycles. The molecular weight excluding hydrogens is 319 g/mol. The molecule has 1 aromatic carbocycles. The first-order chi connectivity index (χ1) is 12.2. The van der Waals surface area contributed by atoms with Crippen LogP contribution in [0.3, 0.4) is 0 Å². The van der Waals surface area contributed by atoms with Gasteiger partial charge in [0.2, 0.25) is 5.91 Å². The lowest BCUT2D eigenvalue weighted by atomic mass is 9.95. The number of unbranched alkanes of at least 4 members (excludes halogenated alkanes) is 1. The Morgan fingerprint density at radius 1 is 1.20 bits per heavy atom. The summed E-state index contributed by atoms with van der Waals surface area (Å²) < 4.78 is 18.6. The van der Waals surface area contributed by atoms with Crippen molar-refractivity contribution in [3.05, 3.63) is 35.6 Å². The lowest BCUT2D eigenvalue weighted by molar-refractivity contribution is -0.140. The van der Waals surface area contributed by atoms with Crippen LogP contribution in [0.25, 0.3) is 0 Å². The van der Waals surface area contributed by atoms with Crippen molar-refractivity contribution in [1.82, 2.24) is 9.80 Å². The quantitative estimate of drug-likeness (QED) is 0.710. The Bertz CT molecular complexity index is 563. The van der Waals surface area contributed by atoms with Gasteiger partial charge in [-0.2, -0.15) is 0 Å². The first-order valence-corrected chi connectivity index (χ1v) is 9.49. The van der Waals surface area contributed by atoms with Crippen LogP contribution in [0.5, 0.6) is 0 Å². The zero-order valence-electron chi connectivity index (χ0n) is 15.1. The van der Waals surface area contributed by atoms with Crippen LogP contribution in [0.1, 0.15) is 38.2 Å². The SMILES string of the molecule is CCCCOCC(=O)N1C[C@@H]2CC[C@H]1CN(Cc1ccc(F)cc1)C2. The predicted molar refractivity (Wildman–Crippen MR) is 95.6 cm³/mol.